The van der Waals surface area contributed by atoms with Gasteiger partial charge < -0.3 is 4.42 Å². The summed E-state index contributed by atoms with van der Waals surface area (Å²) in [4.78, 5) is 23.9. The van der Waals surface area contributed by atoms with E-state index in [1.165, 1.54) is 13.0 Å². The first-order chi connectivity index (χ1) is 11.3. The minimum Gasteiger partial charge on any atom is -0.463 e. The standard InChI is InChI=1S/C14H9FN2O5S2/c1-2-11(18)24(20,21)14-17-16-13(23-14)9-6-22-10-4-3-7(15)5-8(10)12(9)19/h3-6H,2H2,1H3. The molecule has 10 heteroatoms. The van der Waals surface area contributed by atoms with Gasteiger partial charge in [-0.15, -0.1) is 10.2 Å². The normalized spacial score (nSPS) is 11.8. The van der Waals surface area contributed by atoms with Gasteiger partial charge in [-0.2, -0.15) is 0 Å². The van der Waals surface area contributed by atoms with Crippen LogP contribution in [0.1, 0.15) is 13.3 Å². The van der Waals surface area contributed by atoms with Gasteiger partial charge in [0, 0.05) is 6.42 Å². The molecule has 24 heavy (non-hydrogen) atoms. The van der Waals surface area contributed by atoms with E-state index in [1.54, 1.807) is 0 Å². The predicted octanol–water partition coefficient (Wildman–Crippen LogP) is 2.16. The fourth-order valence-corrected chi connectivity index (χ4v) is 4.22. The lowest BCUT2D eigenvalue weighted by Gasteiger charge is -1.99. The minimum atomic E-state index is -4.22. The average Bonchev–Trinajstić information content (AvgIpc) is 3.05. The molecule has 0 N–H and O–H groups in total. The van der Waals surface area contributed by atoms with Crippen LogP contribution in [0.5, 0.6) is 0 Å². The monoisotopic (exact) mass is 368 g/mol. The second kappa shape index (κ2) is 5.87. The molecule has 0 bridgehead atoms. The van der Waals surface area contributed by atoms with Crippen molar-refractivity contribution in [3.8, 4) is 10.6 Å². The summed E-state index contributed by atoms with van der Waals surface area (Å²) in [6.07, 6.45) is 0.899. The van der Waals surface area contributed by atoms with Gasteiger partial charge in [0.2, 0.25) is 9.77 Å². The van der Waals surface area contributed by atoms with Crippen molar-refractivity contribution in [3.05, 3.63) is 40.5 Å². The lowest BCUT2D eigenvalue weighted by molar-refractivity contribution is -0.111. The van der Waals surface area contributed by atoms with E-state index in [0.29, 0.717) is 11.3 Å². The number of hydrogen-bond acceptors (Lipinski definition) is 8. The van der Waals surface area contributed by atoms with E-state index >= 15 is 0 Å². The molecule has 0 amide bonds. The van der Waals surface area contributed by atoms with Gasteiger partial charge in [0.25, 0.3) is 15.0 Å². The molecule has 0 fully saturated rings. The smallest absolute Gasteiger partial charge is 0.268 e. The molecule has 2 aromatic heterocycles. The quantitative estimate of drug-likeness (QED) is 0.697. The van der Waals surface area contributed by atoms with Gasteiger partial charge in [0.1, 0.15) is 17.7 Å². The van der Waals surface area contributed by atoms with Crippen molar-refractivity contribution in [2.45, 2.75) is 17.7 Å². The Bertz CT molecular complexity index is 1120. The number of sulfone groups is 1. The number of rotatable bonds is 3. The third-order valence-electron chi connectivity index (χ3n) is 3.19. The summed E-state index contributed by atoms with van der Waals surface area (Å²) >= 11 is 0.579. The number of carbonyl (C=O) groups excluding carboxylic acids is 1. The van der Waals surface area contributed by atoms with Crippen LogP contribution in [0.4, 0.5) is 4.39 Å². The minimum absolute atomic E-state index is 0.00302. The van der Waals surface area contributed by atoms with Crippen molar-refractivity contribution in [1.82, 2.24) is 10.2 Å². The van der Waals surface area contributed by atoms with E-state index in [0.717, 1.165) is 18.4 Å². The highest BCUT2D eigenvalue weighted by atomic mass is 32.2. The van der Waals surface area contributed by atoms with Crippen LogP contribution >= 0.6 is 11.3 Å². The Hall–Kier alpha value is -2.46. The Labute approximate surface area is 138 Å². The third kappa shape index (κ3) is 2.63. The Morgan fingerprint density at radius 3 is 2.79 bits per heavy atom. The predicted molar refractivity (Wildman–Crippen MR) is 83.8 cm³/mol. The van der Waals surface area contributed by atoms with Crippen LogP contribution < -0.4 is 5.43 Å². The Morgan fingerprint density at radius 1 is 1.33 bits per heavy atom. The van der Waals surface area contributed by atoms with Crippen molar-refractivity contribution in [3.63, 3.8) is 0 Å². The van der Waals surface area contributed by atoms with Gasteiger partial charge >= 0.3 is 0 Å². The van der Waals surface area contributed by atoms with Crippen LogP contribution in [0.15, 0.2) is 38.0 Å². The largest absolute Gasteiger partial charge is 0.463 e. The number of carbonyl (C=O) groups is 1. The molecule has 0 radical (unpaired) electrons. The fourth-order valence-electron chi connectivity index (χ4n) is 1.97. The van der Waals surface area contributed by atoms with Crippen molar-refractivity contribution < 1.29 is 22.0 Å². The van der Waals surface area contributed by atoms with Crippen LogP contribution in [-0.2, 0) is 14.6 Å². The molecule has 2 heterocycles. The number of fused-ring (bicyclic) bond motifs is 1. The zero-order valence-electron chi connectivity index (χ0n) is 12.1. The van der Waals surface area contributed by atoms with Gasteiger partial charge in [-0.1, -0.05) is 18.3 Å². The number of halogens is 1. The topological polar surface area (TPSA) is 107 Å². The van der Waals surface area contributed by atoms with E-state index in [1.807, 2.05) is 0 Å². The molecule has 0 saturated heterocycles. The lowest BCUT2D eigenvalue weighted by atomic mass is 10.2. The van der Waals surface area contributed by atoms with Crippen LogP contribution in [0.25, 0.3) is 21.5 Å². The second-order valence-electron chi connectivity index (χ2n) is 4.72. The maximum absolute atomic E-state index is 13.3. The number of nitrogens with zero attached hydrogens (tertiary/aromatic N) is 2. The summed E-state index contributed by atoms with van der Waals surface area (Å²) in [6, 6.07) is 3.48. The zero-order valence-corrected chi connectivity index (χ0v) is 13.8. The van der Waals surface area contributed by atoms with Gasteiger partial charge in [-0.25, -0.2) is 12.8 Å². The molecule has 7 nitrogen and oxygen atoms in total. The van der Waals surface area contributed by atoms with Crippen molar-refractivity contribution >= 4 is 37.3 Å². The van der Waals surface area contributed by atoms with E-state index in [4.69, 9.17) is 4.42 Å². The van der Waals surface area contributed by atoms with Gasteiger partial charge in [0.05, 0.1) is 10.9 Å². The van der Waals surface area contributed by atoms with E-state index in [-0.39, 0.29) is 28.0 Å². The number of hydrogen-bond donors (Lipinski definition) is 0. The van der Waals surface area contributed by atoms with Crippen LogP contribution in [0.3, 0.4) is 0 Å². The first-order valence-electron chi connectivity index (χ1n) is 6.67. The molecule has 0 atom stereocenters. The van der Waals surface area contributed by atoms with Crippen molar-refractivity contribution in [1.29, 1.82) is 0 Å². The highest BCUT2D eigenvalue weighted by Crippen LogP contribution is 2.26. The molecular formula is C14H9FN2O5S2. The summed E-state index contributed by atoms with van der Waals surface area (Å²) in [7, 11) is -4.22. The summed E-state index contributed by atoms with van der Waals surface area (Å²) < 4.78 is 42.0. The van der Waals surface area contributed by atoms with Crippen LogP contribution in [0, 0.1) is 5.82 Å². The first kappa shape index (κ1) is 16.4. The van der Waals surface area contributed by atoms with Crippen molar-refractivity contribution in [2.24, 2.45) is 0 Å². The molecule has 0 aliphatic heterocycles. The molecule has 0 aliphatic rings. The van der Waals surface area contributed by atoms with Crippen molar-refractivity contribution in [2.75, 3.05) is 0 Å². The molecule has 3 rings (SSSR count). The molecule has 3 aromatic rings. The van der Waals surface area contributed by atoms with E-state index in [2.05, 4.69) is 10.2 Å². The van der Waals surface area contributed by atoms with Gasteiger partial charge in [-0.3, -0.25) is 9.59 Å². The molecule has 0 saturated carbocycles. The SMILES string of the molecule is CCC(=O)S(=O)(=O)c1nnc(-c2coc3ccc(F)cc3c2=O)s1. The summed E-state index contributed by atoms with van der Waals surface area (Å²) in [5, 5.41) is 6.10. The number of benzene rings is 1. The molecule has 0 spiro atoms. The summed E-state index contributed by atoms with van der Waals surface area (Å²) in [6.45, 7) is 1.41. The average molecular weight is 368 g/mol. The molecule has 124 valence electrons. The van der Waals surface area contributed by atoms with Gasteiger partial charge in [-0.05, 0) is 18.2 Å². The maximum atomic E-state index is 13.3. The van der Waals surface area contributed by atoms with Gasteiger partial charge in [0.15, 0.2) is 5.01 Å². The third-order valence-corrected chi connectivity index (χ3v) is 6.28. The maximum Gasteiger partial charge on any atom is 0.268 e. The van der Waals surface area contributed by atoms with Crippen LogP contribution in [-0.4, -0.2) is 23.7 Å². The molecule has 0 unspecified atom stereocenters. The molecular weight excluding hydrogens is 359 g/mol. The molecule has 1 aromatic carbocycles. The zero-order chi connectivity index (χ0) is 17.5. The fraction of sp³-hybridized carbons (Fsp3) is 0.143. The van der Waals surface area contributed by atoms with E-state index < -0.39 is 30.5 Å². The highest BCUT2D eigenvalue weighted by Gasteiger charge is 2.28. The Morgan fingerprint density at radius 2 is 2.08 bits per heavy atom. The Balaban J connectivity index is 2.15. The second-order valence-corrected chi connectivity index (χ2v) is 7.81. The first-order valence-corrected chi connectivity index (χ1v) is 8.97. The van der Waals surface area contributed by atoms with Crippen LogP contribution in [0.2, 0.25) is 0 Å². The molecule has 0 aliphatic carbocycles. The highest BCUT2D eigenvalue weighted by molar-refractivity contribution is 8.07. The summed E-state index contributed by atoms with van der Waals surface area (Å²) in [5.41, 5.74) is -0.447. The number of aromatic nitrogens is 2. The Kier molecular flexibility index (Phi) is 4.01. The van der Waals surface area contributed by atoms with E-state index in [9.17, 15) is 22.4 Å². The lowest BCUT2D eigenvalue weighted by Crippen LogP contribution is -2.13. The summed E-state index contributed by atoms with van der Waals surface area (Å²) in [5.74, 6) is -0.610.